The van der Waals surface area contributed by atoms with Crippen LogP contribution in [-0.2, 0) is 0 Å². The topological polar surface area (TPSA) is 58.6 Å². The summed E-state index contributed by atoms with van der Waals surface area (Å²) in [6, 6.07) is 12.7. The average Bonchev–Trinajstić information content (AvgIpc) is 2.52. The van der Waals surface area contributed by atoms with Gasteiger partial charge in [-0.1, -0.05) is 30.3 Å². The number of aliphatic hydroxyl groups excluding tert-OH is 1. The second kappa shape index (κ2) is 6.85. The van der Waals surface area contributed by atoms with Gasteiger partial charge in [-0.15, -0.1) is 0 Å². The van der Waals surface area contributed by atoms with Crippen LogP contribution < -0.4 is 10.1 Å². The van der Waals surface area contributed by atoms with E-state index in [2.05, 4.69) is 5.32 Å². The molecular formula is C16H16FNO3. The van der Waals surface area contributed by atoms with Crippen molar-refractivity contribution in [2.75, 3.05) is 13.7 Å². The van der Waals surface area contributed by atoms with Gasteiger partial charge in [0.25, 0.3) is 5.91 Å². The van der Waals surface area contributed by atoms with Gasteiger partial charge in [0, 0.05) is 12.1 Å². The van der Waals surface area contributed by atoms with E-state index in [0.717, 1.165) is 0 Å². The number of hydrogen-bond donors (Lipinski definition) is 2. The molecule has 0 heterocycles. The van der Waals surface area contributed by atoms with Gasteiger partial charge in [-0.3, -0.25) is 4.79 Å². The molecule has 2 aromatic rings. The van der Waals surface area contributed by atoms with Crippen LogP contribution in [0.15, 0.2) is 48.5 Å². The van der Waals surface area contributed by atoms with Gasteiger partial charge in [-0.05, 0) is 18.2 Å². The van der Waals surface area contributed by atoms with Gasteiger partial charge >= 0.3 is 0 Å². The number of rotatable bonds is 5. The molecule has 2 rings (SSSR count). The Kier molecular flexibility index (Phi) is 4.90. The predicted molar refractivity (Wildman–Crippen MR) is 76.7 cm³/mol. The molecule has 21 heavy (non-hydrogen) atoms. The first-order valence-electron chi connectivity index (χ1n) is 6.47. The van der Waals surface area contributed by atoms with E-state index in [1.807, 2.05) is 0 Å². The SMILES string of the molecule is COc1ccccc1[C@H](O)CNC(=O)c1ccccc1F. The lowest BCUT2D eigenvalue weighted by atomic mass is 10.1. The highest BCUT2D eigenvalue weighted by atomic mass is 19.1. The van der Waals surface area contributed by atoms with Gasteiger partial charge in [-0.25, -0.2) is 4.39 Å². The fourth-order valence-electron chi connectivity index (χ4n) is 1.98. The first kappa shape index (κ1) is 15.0. The Morgan fingerprint density at radius 3 is 2.62 bits per heavy atom. The zero-order chi connectivity index (χ0) is 15.2. The Morgan fingerprint density at radius 1 is 1.24 bits per heavy atom. The molecule has 4 nitrogen and oxygen atoms in total. The lowest BCUT2D eigenvalue weighted by molar-refractivity contribution is 0.0910. The van der Waals surface area contributed by atoms with Crippen LogP contribution in [0.25, 0.3) is 0 Å². The summed E-state index contributed by atoms with van der Waals surface area (Å²) in [5.74, 6) is -0.631. The summed E-state index contributed by atoms with van der Waals surface area (Å²) in [4.78, 5) is 11.9. The third kappa shape index (κ3) is 3.58. The van der Waals surface area contributed by atoms with Gasteiger partial charge in [0.2, 0.25) is 0 Å². The van der Waals surface area contributed by atoms with E-state index in [1.165, 1.54) is 25.3 Å². The molecule has 0 bridgehead atoms. The Morgan fingerprint density at radius 2 is 1.90 bits per heavy atom. The molecule has 5 heteroatoms. The second-order valence-electron chi connectivity index (χ2n) is 4.45. The molecule has 110 valence electrons. The molecule has 2 N–H and O–H groups in total. The minimum atomic E-state index is -0.933. The molecule has 0 aliphatic carbocycles. The summed E-state index contributed by atoms with van der Waals surface area (Å²) in [7, 11) is 1.50. The van der Waals surface area contributed by atoms with Crippen LogP contribution in [0.3, 0.4) is 0 Å². The quantitative estimate of drug-likeness (QED) is 0.888. The van der Waals surface area contributed by atoms with E-state index < -0.39 is 17.8 Å². The van der Waals surface area contributed by atoms with Crippen molar-refractivity contribution in [3.63, 3.8) is 0 Å². The van der Waals surface area contributed by atoms with Crippen molar-refractivity contribution < 1.29 is 19.0 Å². The number of amides is 1. The minimum Gasteiger partial charge on any atom is -0.496 e. The summed E-state index contributed by atoms with van der Waals surface area (Å²) in [5, 5.41) is 12.6. The largest absolute Gasteiger partial charge is 0.496 e. The van der Waals surface area contributed by atoms with Crippen LogP contribution in [0.5, 0.6) is 5.75 Å². The van der Waals surface area contributed by atoms with Crippen LogP contribution in [0.4, 0.5) is 4.39 Å². The highest BCUT2D eigenvalue weighted by molar-refractivity contribution is 5.94. The maximum atomic E-state index is 13.5. The number of hydrogen-bond acceptors (Lipinski definition) is 3. The Labute approximate surface area is 122 Å². The molecule has 0 fully saturated rings. The number of nitrogens with one attached hydrogen (secondary N) is 1. The molecular weight excluding hydrogens is 273 g/mol. The van der Waals surface area contributed by atoms with Gasteiger partial charge in [0.15, 0.2) is 0 Å². The smallest absolute Gasteiger partial charge is 0.254 e. The van der Waals surface area contributed by atoms with Crippen LogP contribution in [0.2, 0.25) is 0 Å². The molecule has 0 aliphatic heterocycles. The molecule has 0 aliphatic rings. The number of aliphatic hydroxyl groups is 1. The monoisotopic (exact) mass is 289 g/mol. The molecule has 1 atom stereocenters. The fourth-order valence-corrected chi connectivity index (χ4v) is 1.98. The second-order valence-corrected chi connectivity index (χ2v) is 4.45. The number of benzene rings is 2. The van der Waals surface area contributed by atoms with Crippen molar-refractivity contribution in [2.45, 2.75) is 6.10 Å². The predicted octanol–water partition coefficient (Wildman–Crippen LogP) is 2.30. The zero-order valence-corrected chi connectivity index (χ0v) is 11.5. The molecule has 1 amide bonds. The van der Waals surface area contributed by atoms with Crippen molar-refractivity contribution in [3.8, 4) is 5.75 Å². The van der Waals surface area contributed by atoms with Crippen LogP contribution in [0.1, 0.15) is 22.0 Å². The zero-order valence-electron chi connectivity index (χ0n) is 11.5. The van der Waals surface area contributed by atoms with Crippen LogP contribution >= 0.6 is 0 Å². The summed E-state index contributed by atoms with van der Waals surface area (Å²) in [6.45, 7) is -0.0342. The van der Waals surface area contributed by atoms with Crippen LogP contribution in [0, 0.1) is 5.82 Å². The first-order chi connectivity index (χ1) is 10.1. The van der Waals surface area contributed by atoms with Crippen molar-refractivity contribution >= 4 is 5.91 Å². The first-order valence-corrected chi connectivity index (χ1v) is 6.47. The van der Waals surface area contributed by atoms with Crippen molar-refractivity contribution in [2.24, 2.45) is 0 Å². The lowest BCUT2D eigenvalue weighted by Crippen LogP contribution is -2.29. The van der Waals surface area contributed by atoms with E-state index in [1.54, 1.807) is 30.3 Å². The number of para-hydroxylation sites is 1. The number of carbonyl (C=O) groups excluding carboxylic acids is 1. The molecule has 2 aromatic carbocycles. The van der Waals surface area contributed by atoms with Crippen molar-refractivity contribution in [3.05, 3.63) is 65.5 Å². The molecule has 0 saturated heterocycles. The fraction of sp³-hybridized carbons (Fsp3) is 0.188. The minimum absolute atomic E-state index is 0.0342. The van der Waals surface area contributed by atoms with Gasteiger partial charge in [0.1, 0.15) is 11.6 Å². The number of ether oxygens (including phenoxy) is 1. The van der Waals surface area contributed by atoms with E-state index in [4.69, 9.17) is 4.74 Å². The molecule has 0 saturated carbocycles. The molecule has 0 radical (unpaired) electrons. The van der Waals surface area contributed by atoms with Crippen molar-refractivity contribution in [1.29, 1.82) is 0 Å². The Hall–Kier alpha value is -2.40. The summed E-state index contributed by atoms with van der Waals surface area (Å²) < 4.78 is 18.6. The van der Waals surface area contributed by atoms with E-state index >= 15 is 0 Å². The summed E-state index contributed by atoms with van der Waals surface area (Å²) in [5.41, 5.74) is 0.513. The number of carbonyl (C=O) groups is 1. The normalized spacial score (nSPS) is 11.8. The summed E-state index contributed by atoms with van der Waals surface area (Å²) >= 11 is 0. The summed E-state index contributed by atoms with van der Waals surface area (Å²) in [6.07, 6.45) is -0.933. The molecule has 0 aromatic heterocycles. The molecule has 0 unspecified atom stereocenters. The third-order valence-corrected chi connectivity index (χ3v) is 3.07. The third-order valence-electron chi connectivity index (χ3n) is 3.07. The Bertz CT molecular complexity index is 630. The molecule has 0 spiro atoms. The van der Waals surface area contributed by atoms with Crippen LogP contribution in [-0.4, -0.2) is 24.7 Å². The van der Waals surface area contributed by atoms with E-state index in [9.17, 15) is 14.3 Å². The number of methoxy groups -OCH3 is 1. The standard InChI is InChI=1S/C16H16FNO3/c1-21-15-9-5-3-7-12(15)14(19)10-18-16(20)11-6-2-4-8-13(11)17/h2-9,14,19H,10H2,1H3,(H,18,20)/t14-/m1/s1. The van der Waals surface area contributed by atoms with Gasteiger partial charge < -0.3 is 15.2 Å². The van der Waals surface area contributed by atoms with Gasteiger partial charge in [-0.2, -0.15) is 0 Å². The highest BCUT2D eigenvalue weighted by Gasteiger charge is 2.16. The number of halogens is 1. The maximum Gasteiger partial charge on any atom is 0.254 e. The van der Waals surface area contributed by atoms with E-state index in [0.29, 0.717) is 11.3 Å². The maximum absolute atomic E-state index is 13.5. The van der Waals surface area contributed by atoms with E-state index in [-0.39, 0.29) is 12.1 Å². The lowest BCUT2D eigenvalue weighted by Gasteiger charge is -2.15. The highest BCUT2D eigenvalue weighted by Crippen LogP contribution is 2.24. The van der Waals surface area contributed by atoms with Crippen molar-refractivity contribution in [1.82, 2.24) is 5.32 Å². The van der Waals surface area contributed by atoms with Gasteiger partial charge in [0.05, 0.1) is 18.8 Å². The average molecular weight is 289 g/mol. The Balaban J connectivity index is 2.03.